The number of nitrogens with zero attached hydrogens (tertiary/aromatic N) is 1. The topological polar surface area (TPSA) is 23.8 Å². The fourth-order valence-corrected chi connectivity index (χ4v) is 3.45. The van der Waals surface area contributed by atoms with Gasteiger partial charge < -0.3 is 0 Å². The van der Waals surface area contributed by atoms with E-state index in [-0.39, 0.29) is 0 Å². The van der Waals surface area contributed by atoms with Gasteiger partial charge in [-0.05, 0) is 56.5 Å². The predicted octanol–water partition coefficient (Wildman–Crippen LogP) is 5.73. The maximum absolute atomic E-state index is 9.39. The second kappa shape index (κ2) is 5.62. The van der Waals surface area contributed by atoms with Gasteiger partial charge in [0.05, 0.1) is 15.4 Å². The summed E-state index contributed by atoms with van der Waals surface area (Å²) in [6.07, 6.45) is 1.93. The summed E-state index contributed by atoms with van der Waals surface area (Å²) in [6, 6.07) is 20.6. The first-order valence-electron chi connectivity index (χ1n) is 6.12. The number of benzene rings is 2. The minimum atomic E-state index is 0.685. The number of rotatable bonds is 2. The van der Waals surface area contributed by atoms with Gasteiger partial charge in [0, 0.05) is 4.88 Å². The molecule has 0 unspecified atom stereocenters. The third-order valence-corrected chi connectivity index (χ3v) is 4.63. The number of fused-ring (bicyclic) bond motifs is 1. The van der Waals surface area contributed by atoms with Gasteiger partial charge in [0.25, 0.3) is 0 Å². The quantitative estimate of drug-likeness (QED) is 0.547. The van der Waals surface area contributed by atoms with Gasteiger partial charge in [-0.15, -0.1) is 11.3 Å². The highest BCUT2D eigenvalue weighted by atomic mass is 79.9. The van der Waals surface area contributed by atoms with Gasteiger partial charge in [0.15, 0.2) is 0 Å². The molecular formula is C17H10BrNS. The van der Waals surface area contributed by atoms with Gasteiger partial charge in [-0.25, -0.2) is 0 Å². The minimum Gasteiger partial charge on any atom is -0.192 e. The van der Waals surface area contributed by atoms with Crippen LogP contribution >= 0.6 is 27.3 Å². The van der Waals surface area contributed by atoms with Crippen molar-refractivity contribution in [2.24, 2.45) is 0 Å². The van der Waals surface area contributed by atoms with E-state index in [4.69, 9.17) is 0 Å². The lowest BCUT2D eigenvalue weighted by Gasteiger charge is -2.02. The van der Waals surface area contributed by atoms with Crippen LogP contribution in [0.4, 0.5) is 0 Å². The Labute approximate surface area is 129 Å². The lowest BCUT2D eigenvalue weighted by atomic mass is 10.0. The van der Waals surface area contributed by atoms with E-state index >= 15 is 0 Å². The molecule has 0 aliphatic carbocycles. The summed E-state index contributed by atoms with van der Waals surface area (Å²) in [7, 11) is 0. The molecule has 0 radical (unpaired) electrons. The molecule has 0 aliphatic heterocycles. The molecule has 96 valence electrons. The molecule has 1 heterocycles. The van der Waals surface area contributed by atoms with E-state index in [9.17, 15) is 5.26 Å². The molecule has 0 aliphatic rings. The zero-order valence-corrected chi connectivity index (χ0v) is 12.9. The number of thiophene rings is 1. The van der Waals surface area contributed by atoms with Crippen molar-refractivity contribution in [1.29, 1.82) is 5.26 Å². The summed E-state index contributed by atoms with van der Waals surface area (Å²) in [5.41, 5.74) is 1.64. The van der Waals surface area contributed by atoms with E-state index in [1.165, 1.54) is 5.39 Å². The molecule has 1 nitrogen and oxygen atoms in total. The van der Waals surface area contributed by atoms with E-state index < -0.39 is 0 Å². The van der Waals surface area contributed by atoms with Crippen LogP contribution in [-0.2, 0) is 0 Å². The van der Waals surface area contributed by atoms with Crippen molar-refractivity contribution >= 4 is 49.7 Å². The number of hydrogen-bond donors (Lipinski definition) is 0. The van der Waals surface area contributed by atoms with Crippen molar-refractivity contribution < 1.29 is 0 Å². The monoisotopic (exact) mass is 339 g/mol. The Kier molecular flexibility index (Phi) is 3.68. The van der Waals surface area contributed by atoms with Crippen molar-refractivity contribution in [2.75, 3.05) is 0 Å². The molecule has 2 aromatic carbocycles. The number of halogens is 1. The molecule has 0 N–H and O–H groups in total. The first-order chi connectivity index (χ1) is 9.76. The van der Waals surface area contributed by atoms with Crippen molar-refractivity contribution in [3.63, 3.8) is 0 Å². The van der Waals surface area contributed by atoms with Crippen LogP contribution in [0.2, 0.25) is 0 Å². The second-order valence-electron chi connectivity index (χ2n) is 4.37. The van der Waals surface area contributed by atoms with Crippen LogP contribution < -0.4 is 0 Å². The lowest BCUT2D eigenvalue weighted by molar-refractivity contribution is 1.53. The molecule has 0 spiro atoms. The van der Waals surface area contributed by atoms with Crippen molar-refractivity contribution in [2.45, 2.75) is 0 Å². The molecule has 0 bridgehead atoms. The Balaban J connectivity index is 2.07. The van der Waals surface area contributed by atoms with Crippen LogP contribution in [0.15, 0.2) is 58.4 Å². The average molecular weight is 340 g/mol. The Hall–Kier alpha value is -1.89. The van der Waals surface area contributed by atoms with Gasteiger partial charge in [-0.2, -0.15) is 5.26 Å². The summed E-state index contributed by atoms with van der Waals surface area (Å²) in [5, 5.41) is 11.7. The van der Waals surface area contributed by atoms with Crippen molar-refractivity contribution in [3.05, 3.63) is 68.8 Å². The first-order valence-corrected chi connectivity index (χ1v) is 7.73. The van der Waals surface area contributed by atoms with Crippen LogP contribution in [0.5, 0.6) is 0 Å². The standard InChI is InChI=1S/C17H10BrNS/c18-17-8-7-16(20-17)10-15(11-19)14-6-5-12-3-1-2-4-13(12)9-14/h1-10H/b15-10+. The van der Waals surface area contributed by atoms with Crippen LogP contribution in [0.3, 0.4) is 0 Å². The Morgan fingerprint density at radius 3 is 2.55 bits per heavy atom. The highest BCUT2D eigenvalue weighted by Gasteiger charge is 2.04. The maximum atomic E-state index is 9.39. The van der Waals surface area contributed by atoms with Crippen LogP contribution in [0.25, 0.3) is 22.4 Å². The fourth-order valence-electron chi connectivity index (χ4n) is 2.09. The normalized spacial score (nSPS) is 11.5. The summed E-state index contributed by atoms with van der Waals surface area (Å²) in [5.74, 6) is 0. The Morgan fingerprint density at radius 2 is 1.85 bits per heavy atom. The number of hydrogen-bond acceptors (Lipinski definition) is 2. The van der Waals surface area contributed by atoms with Crippen LogP contribution in [0.1, 0.15) is 10.4 Å². The van der Waals surface area contributed by atoms with E-state index in [0.717, 1.165) is 19.6 Å². The first kappa shape index (κ1) is 13.1. The van der Waals surface area contributed by atoms with Gasteiger partial charge in [-0.3, -0.25) is 0 Å². The van der Waals surface area contributed by atoms with Crippen LogP contribution in [-0.4, -0.2) is 0 Å². The molecule has 0 fully saturated rings. The Bertz CT molecular complexity index is 839. The third kappa shape index (κ3) is 2.67. The van der Waals surface area contributed by atoms with E-state index in [0.29, 0.717) is 5.57 Å². The van der Waals surface area contributed by atoms with Gasteiger partial charge in [-0.1, -0.05) is 36.4 Å². The molecule has 20 heavy (non-hydrogen) atoms. The molecule has 0 saturated heterocycles. The molecular weight excluding hydrogens is 330 g/mol. The van der Waals surface area contributed by atoms with E-state index in [1.807, 2.05) is 36.4 Å². The maximum Gasteiger partial charge on any atom is 0.0998 e. The largest absolute Gasteiger partial charge is 0.192 e. The summed E-state index contributed by atoms with van der Waals surface area (Å²) < 4.78 is 1.07. The molecule has 0 atom stereocenters. The zero-order valence-electron chi connectivity index (χ0n) is 10.5. The van der Waals surface area contributed by atoms with Crippen molar-refractivity contribution in [3.8, 4) is 6.07 Å². The highest BCUT2D eigenvalue weighted by Crippen LogP contribution is 2.27. The average Bonchev–Trinajstić information content (AvgIpc) is 2.89. The smallest absolute Gasteiger partial charge is 0.0998 e. The predicted molar refractivity (Wildman–Crippen MR) is 89.5 cm³/mol. The Morgan fingerprint density at radius 1 is 1.05 bits per heavy atom. The minimum absolute atomic E-state index is 0.685. The molecule has 3 heteroatoms. The zero-order chi connectivity index (χ0) is 13.9. The molecule has 3 rings (SSSR count). The summed E-state index contributed by atoms with van der Waals surface area (Å²) in [6.45, 7) is 0. The van der Waals surface area contributed by atoms with E-state index in [1.54, 1.807) is 11.3 Å². The molecule has 1 aromatic heterocycles. The second-order valence-corrected chi connectivity index (χ2v) is 6.87. The molecule has 3 aromatic rings. The van der Waals surface area contributed by atoms with Crippen LogP contribution in [0, 0.1) is 11.3 Å². The fraction of sp³-hybridized carbons (Fsp3) is 0. The van der Waals surface area contributed by atoms with Gasteiger partial charge >= 0.3 is 0 Å². The number of nitriles is 1. The summed E-state index contributed by atoms with van der Waals surface area (Å²) >= 11 is 5.06. The highest BCUT2D eigenvalue weighted by molar-refractivity contribution is 9.11. The summed E-state index contributed by atoms with van der Waals surface area (Å²) in [4.78, 5) is 1.07. The van der Waals surface area contributed by atoms with Gasteiger partial charge in [0.2, 0.25) is 0 Å². The van der Waals surface area contributed by atoms with Crippen molar-refractivity contribution in [1.82, 2.24) is 0 Å². The lowest BCUT2D eigenvalue weighted by Crippen LogP contribution is -1.82. The van der Waals surface area contributed by atoms with E-state index in [2.05, 4.69) is 46.3 Å². The number of allylic oxidation sites excluding steroid dienone is 1. The molecule has 0 saturated carbocycles. The SMILES string of the molecule is N#C/C(=C\c1ccc(Br)s1)c1ccc2ccccc2c1. The third-order valence-electron chi connectivity index (χ3n) is 3.06. The molecule has 0 amide bonds. The van der Waals surface area contributed by atoms with Gasteiger partial charge in [0.1, 0.15) is 0 Å².